The molecule has 110 valence electrons. The third-order valence-corrected chi connectivity index (χ3v) is 3.49. The van der Waals surface area contributed by atoms with Crippen LogP contribution >= 0.6 is 0 Å². The molecule has 3 heteroatoms. The summed E-state index contributed by atoms with van der Waals surface area (Å²) < 4.78 is 0. The van der Waals surface area contributed by atoms with Gasteiger partial charge in [-0.05, 0) is 36.5 Å². The molecular formula is C18H21NO2. The summed E-state index contributed by atoms with van der Waals surface area (Å²) >= 11 is 0. The lowest BCUT2D eigenvalue weighted by atomic mass is 9.90. The average Bonchev–Trinajstić information content (AvgIpc) is 2.45. The van der Waals surface area contributed by atoms with Crippen LogP contribution in [0.2, 0.25) is 0 Å². The third-order valence-electron chi connectivity index (χ3n) is 3.49. The highest BCUT2D eigenvalue weighted by molar-refractivity contribution is 5.76. The molecule has 0 aliphatic heterocycles. The first-order valence-corrected chi connectivity index (χ1v) is 7.17. The van der Waals surface area contributed by atoms with Crippen molar-refractivity contribution >= 4 is 5.97 Å². The van der Waals surface area contributed by atoms with Gasteiger partial charge in [-0.1, -0.05) is 54.6 Å². The highest BCUT2D eigenvalue weighted by atomic mass is 16.4. The molecule has 0 aliphatic rings. The Balaban J connectivity index is 2.24. The smallest absolute Gasteiger partial charge is 0.311 e. The van der Waals surface area contributed by atoms with Crippen molar-refractivity contribution in [2.24, 2.45) is 5.73 Å². The third kappa shape index (κ3) is 4.43. The molecule has 3 N–H and O–H groups in total. The number of aliphatic carboxylic acids is 1. The van der Waals surface area contributed by atoms with Crippen LogP contribution in [0.3, 0.4) is 0 Å². The first-order chi connectivity index (χ1) is 10.1. The van der Waals surface area contributed by atoms with E-state index in [2.05, 4.69) is 0 Å². The maximum atomic E-state index is 11.6. The van der Waals surface area contributed by atoms with E-state index in [1.54, 1.807) is 0 Å². The standard InChI is InChI=1S/C18H21NO2/c1-13(19)10-15-8-5-9-16(11-15)17(18(20)21)12-14-6-3-2-4-7-14/h2-9,11,13,17H,10,12,19H2,1H3,(H,20,21). The van der Waals surface area contributed by atoms with Crippen LogP contribution in [0.5, 0.6) is 0 Å². The molecule has 0 bridgehead atoms. The minimum atomic E-state index is -0.795. The van der Waals surface area contributed by atoms with E-state index in [1.165, 1.54) is 0 Å². The Bertz CT molecular complexity index is 593. The Labute approximate surface area is 125 Å². The fraction of sp³-hybridized carbons (Fsp3) is 0.278. The van der Waals surface area contributed by atoms with Crippen molar-refractivity contribution in [3.8, 4) is 0 Å². The van der Waals surface area contributed by atoms with Gasteiger partial charge >= 0.3 is 5.97 Å². The van der Waals surface area contributed by atoms with E-state index in [0.717, 1.165) is 23.1 Å². The predicted molar refractivity (Wildman–Crippen MR) is 84.3 cm³/mol. The number of carboxylic acid groups (broad SMARTS) is 1. The second-order valence-electron chi connectivity index (χ2n) is 5.51. The molecule has 2 aromatic rings. The molecule has 0 aliphatic carbocycles. The van der Waals surface area contributed by atoms with E-state index in [0.29, 0.717) is 6.42 Å². The van der Waals surface area contributed by atoms with Gasteiger partial charge < -0.3 is 10.8 Å². The molecule has 0 heterocycles. The van der Waals surface area contributed by atoms with E-state index in [1.807, 2.05) is 61.5 Å². The highest BCUT2D eigenvalue weighted by Crippen LogP contribution is 2.22. The van der Waals surface area contributed by atoms with Crippen molar-refractivity contribution in [1.82, 2.24) is 0 Å². The summed E-state index contributed by atoms with van der Waals surface area (Å²) in [6, 6.07) is 17.5. The molecule has 0 spiro atoms. The second-order valence-corrected chi connectivity index (χ2v) is 5.51. The van der Waals surface area contributed by atoms with Crippen LogP contribution in [0.15, 0.2) is 54.6 Å². The summed E-state index contributed by atoms with van der Waals surface area (Å²) in [5.74, 6) is -1.32. The van der Waals surface area contributed by atoms with Gasteiger partial charge in [-0.2, -0.15) is 0 Å². The maximum absolute atomic E-state index is 11.6. The van der Waals surface area contributed by atoms with Crippen molar-refractivity contribution < 1.29 is 9.90 Å². The Morgan fingerprint density at radius 2 is 1.71 bits per heavy atom. The topological polar surface area (TPSA) is 63.3 Å². The molecule has 2 atom stereocenters. The normalized spacial score (nSPS) is 13.6. The zero-order chi connectivity index (χ0) is 15.2. The van der Waals surface area contributed by atoms with Gasteiger partial charge in [0, 0.05) is 6.04 Å². The zero-order valence-corrected chi connectivity index (χ0v) is 12.2. The molecule has 0 radical (unpaired) electrons. The number of carbonyl (C=O) groups is 1. The molecule has 21 heavy (non-hydrogen) atoms. The van der Waals surface area contributed by atoms with Gasteiger partial charge in [-0.25, -0.2) is 0 Å². The zero-order valence-electron chi connectivity index (χ0n) is 12.2. The fourth-order valence-electron chi connectivity index (χ4n) is 2.51. The lowest BCUT2D eigenvalue weighted by Gasteiger charge is -2.15. The summed E-state index contributed by atoms with van der Waals surface area (Å²) in [7, 11) is 0. The van der Waals surface area contributed by atoms with Crippen LogP contribution in [0.25, 0.3) is 0 Å². The van der Waals surface area contributed by atoms with Crippen molar-refractivity contribution in [1.29, 1.82) is 0 Å². The van der Waals surface area contributed by atoms with Crippen LogP contribution in [0, 0.1) is 0 Å². The average molecular weight is 283 g/mol. The van der Waals surface area contributed by atoms with Crippen LogP contribution in [0.1, 0.15) is 29.5 Å². The van der Waals surface area contributed by atoms with Crippen LogP contribution in [-0.4, -0.2) is 17.1 Å². The van der Waals surface area contributed by atoms with Crippen molar-refractivity contribution in [2.75, 3.05) is 0 Å². The van der Waals surface area contributed by atoms with Gasteiger partial charge in [-0.15, -0.1) is 0 Å². The van der Waals surface area contributed by atoms with Crippen molar-refractivity contribution in [2.45, 2.75) is 31.7 Å². The molecule has 2 aromatic carbocycles. The molecular weight excluding hydrogens is 262 g/mol. The van der Waals surface area contributed by atoms with Gasteiger partial charge in [0.05, 0.1) is 5.92 Å². The number of hydrogen-bond acceptors (Lipinski definition) is 2. The lowest BCUT2D eigenvalue weighted by Crippen LogP contribution is -2.18. The number of carboxylic acids is 1. The molecule has 2 rings (SSSR count). The Hall–Kier alpha value is -2.13. The van der Waals surface area contributed by atoms with Crippen molar-refractivity contribution in [3.05, 3.63) is 71.3 Å². The Morgan fingerprint density at radius 1 is 1.05 bits per heavy atom. The molecule has 0 fully saturated rings. The first kappa shape index (κ1) is 15.3. The minimum absolute atomic E-state index is 0.0673. The molecule has 0 saturated heterocycles. The van der Waals surface area contributed by atoms with Gasteiger partial charge in [0.1, 0.15) is 0 Å². The lowest BCUT2D eigenvalue weighted by molar-refractivity contribution is -0.138. The fourth-order valence-corrected chi connectivity index (χ4v) is 2.51. The highest BCUT2D eigenvalue weighted by Gasteiger charge is 2.20. The summed E-state index contributed by atoms with van der Waals surface area (Å²) in [6.45, 7) is 1.95. The molecule has 2 unspecified atom stereocenters. The Morgan fingerprint density at radius 3 is 2.33 bits per heavy atom. The molecule has 3 nitrogen and oxygen atoms in total. The summed E-state index contributed by atoms with van der Waals surface area (Å²) in [5, 5.41) is 9.54. The SMILES string of the molecule is CC(N)Cc1cccc(C(Cc2ccccc2)C(=O)O)c1. The van der Waals surface area contributed by atoms with Gasteiger partial charge in [0.25, 0.3) is 0 Å². The molecule has 0 aromatic heterocycles. The number of rotatable bonds is 6. The van der Waals surface area contributed by atoms with E-state index in [4.69, 9.17) is 5.73 Å². The van der Waals surface area contributed by atoms with E-state index in [-0.39, 0.29) is 6.04 Å². The molecule has 0 amide bonds. The summed E-state index contributed by atoms with van der Waals surface area (Å²) in [5.41, 5.74) is 8.77. The monoisotopic (exact) mass is 283 g/mol. The quantitative estimate of drug-likeness (QED) is 0.856. The number of benzene rings is 2. The van der Waals surface area contributed by atoms with Crippen LogP contribution in [0.4, 0.5) is 0 Å². The van der Waals surface area contributed by atoms with Gasteiger partial charge in [0.15, 0.2) is 0 Å². The van der Waals surface area contributed by atoms with Gasteiger partial charge in [0.2, 0.25) is 0 Å². The maximum Gasteiger partial charge on any atom is 0.311 e. The van der Waals surface area contributed by atoms with Crippen LogP contribution in [-0.2, 0) is 17.6 Å². The molecule has 0 saturated carbocycles. The summed E-state index contributed by atoms with van der Waals surface area (Å²) in [4.78, 5) is 11.6. The van der Waals surface area contributed by atoms with E-state index < -0.39 is 11.9 Å². The first-order valence-electron chi connectivity index (χ1n) is 7.17. The van der Waals surface area contributed by atoms with E-state index >= 15 is 0 Å². The minimum Gasteiger partial charge on any atom is -0.481 e. The summed E-state index contributed by atoms with van der Waals surface area (Å²) in [6.07, 6.45) is 1.25. The van der Waals surface area contributed by atoms with Gasteiger partial charge in [-0.3, -0.25) is 4.79 Å². The second kappa shape index (κ2) is 7.04. The Kier molecular flexibility index (Phi) is 5.12. The number of hydrogen-bond donors (Lipinski definition) is 2. The van der Waals surface area contributed by atoms with Crippen molar-refractivity contribution in [3.63, 3.8) is 0 Å². The predicted octanol–water partition coefficient (Wildman–Crippen LogP) is 2.99. The van der Waals surface area contributed by atoms with E-state index in [9.17, 15) is 9.90 Å². The largest absolute Gasteiger partial charge is 0.481 e. The van der Waals surface area contributed by atoms with Crippen LogP contribution < -0.4 is 5.73 Å². The number of nitrogens with two attached hydrogens (primary N) is 1.